The summed E-state index contributed by atoms with van der Waals surface area (Å²) in [6.45, 7) is 0. The summed E-state index contributed by atoms with van der Waals surface area (Å²) >= 11 is 0. The van der Waals surface area contributed by atoms with Gasteiger partial charge in [-0.05, 0) is 35.0 Å². The van der Waals surface area contributed by atoms with E-state index in [4.69, 9.17) is 4.42 Å². The quantitative estimate of drug-likeness (QED) is 0.394. The van der Waals surface area contributed by atoms with Gasteiger partial charge in [0.1, 0.15) is 11.1 Å². The maximum atomic E-state index is 12.1. The number of nitrogens with zero attached hydrogens (tertiary/aromatic N) is 2. The molecule has 0 saturated carbocycles. The second-order valence-corrected chi connectivity index (χ2v) is 4.76. The predicted octanol–water partition coefficient (Wildman–Crippen LogP) is 3.40. The molecule has 0 amide bonds. The van der Waals surface area contributed by atoms with Crippen LogP contribution in [0.3, 0.4) is 0 Å². The van der Waals surface area contributed by atoms with Gasteiger partial charge in [0.15, 0.2) is 5.82 Å². The molecular formula is C17H10N2O2. The SMILES string of the molecule is O=c1oc2cc3ccccc3cc2cc1-c1ncccn1. The molecule has 0 saturated heterocycles. The van der Waals surface area contributed by atoms with Crippen LogP contribution in [0.15, 0.2) is 70.1 Å². The van der Waals surface area contributed by atoms with E-state index in [2.05, 4.69) is 9.97 Å². The summed E-state index contributed by atoms with van der Waals surface area (Å²) in [5.41, 5.74) is 0.515. The molecule has 0 spiro atoms. The van der Waals surface area contributed by atoms with Crippen LogP contribution in [-0.2, 0) is 0 Å². The van der Waals surface area contributed by atoms with Crippen molar-refractivity contribution in [3.05, 3.63) is 71.3 Å². The summed E-state index contributed by atoms with van der Waals surface area (Å²) in [6, 6.07) is 15.3. The van der Waals surface area contributed by atoms with E-state index in [1.807, 2.05) is 36.4 Å². The van der Waals surface area contributed by atoms with Crippen molar-refractivity contribution in [3.8, 4) is 11.4 Å². The summed E-state index contributed by atoms with van der Waals surface area (Å²) in [5, 5.41) is 2.99. The lowest BCUT2D eigenvalue weighted by molar-refractivity contribution is 0.563. The normalized spacial score (nSPS) is 11.0. The predicted molar refractivity (Wildman–Crippen MR) is 81.0 cm³/mol. The van der Waals surface area contributed by atoms with Crippen LogP contribution in [0.25, 0.3) is 33.1 Å². The van der Waals surface area contributed by atoms with E-state index in [1.165, 1.54) is 0 Å². The maximum Gasteiger partial charge on any atom is 0.347 e. The van der Waals surface area contributed by atoms with Gasteiger partial charge in [-0.15, -0.1) is 0 Å². The fourth-order valence-corrected chi connectivity index (χ4v) is 2.40. The second-order valence-electron chi connectivity index (χ2n) is 4.76. The standard InChI is InChI=1S/C17H10N2O2/c20-17-14(16-18-6-3-7-19-16)9-13-8-11-4-1-2-5-12(11)10-15(13)21-17/h1-10H. The van der Waals surface area contributed by atoms with Crippen LogP contribution in [-0.4, -0.2) is 9.97 Å². The molecule has 0 aliphatic carbocycles. The molecule has 0 aliphatic heterocycles. The maximum absolute atomic E-state index is 12.1. The van der Waals surface area contributed by atoms with Crippen LogP contribution in [0.5, 0.6) is 0 Å². The van der Waals surface area contributed by atoms with E-state index in [0.29, 0.717) is 17.0 Å². The molecule has 2 aromatic heterocycles. The van der Waals surface area contributed by atoms with Gasteiger partial charge in [0.2, 0.25) is 0 Å². The zero-order chi connectivity index (χ0) is 14.2. The Bertz CT molecular complexity index is 1010. The first-order valence-electron chi connectivity index (χ1n) is 6.55. The monoisotopic (exact) mass is 274 g/mol. The number of benzene rings is 2. The van der Waals surface area contributed by atoms with E-state index in [0.717, 1.165) is 16.2 Å². The molecule has 2 heterocycles. The topological polar surface area (TPSA) is 56.0 Å². The van der Waals surface area contributed by atoms with Gasteiger partial charge in [-0.25, -0.2) is 14.8 Å². The minimum absolute atomic E-state index is 0.374. The molecule has 100 valence electrons. The molecule has 4 aromatic rings. The lowest BCUT2D eigenvalue weighted by atomic mass is 10.1. The number of rotatable bonds is 1. The average molecular weight is 274 g/mol. The highest BCUT2D eigenvalue weighted by atomic mass is 16.4. The molecule has 0 bridgehead atoms. The molecule has 0 N–H and O–H groups in total. The Hall–Kier alpha value is -3.01. The lowest BCUT2D eigenvalue weighted by Gasteiger charge is -2.03. The first kappa shape index (κ1) is 11.8. The van der Waals surface area contributed by atoms with Gasteiger partial charge in [-0.1, -0.05) is 24.3 Å². The lowest BCUT2D eigenvalue weighted by Crippen LogP contribution is -2.04. The second kappa shape index (κ2) is 4.52. The van der Waals surface area contributed by atoms with Gasteiger partial charge in [0.05, 0.1) is 0 Å². The van der Waals surface area contributed by atoms with E-state index < -0.39 is 5.63 Å². The third kappa shape index (κ3) is 1.97. The van der Waals surface area contributed by atoms with Crippen LogP contribution in [0.1, 0.15) is 0 Å². The molecule has 0 atom stereocenters. The van der Waals surface area contributed by atoms with E-state index >= 15 is 0 Å². The first-order valence-corrected chi connectivity index (χ1v) is 6.55. The fourth-order valence-electron chi connectivity index (χ4n) is 2.40. The highest BCUT2D eigenvalue weighted by Crippen LogP contribution is 2.24. The Kier molecular flexibility index (Phi) is 2.54. The van der Waals surface area contributed by atoms with Crippen molar-refractivity contribution in [2.75, 3.05) is 0 Å². The van der Waals surface area contributed by atoms with Crippen molar-refractivity contribution >= 4 is 21.7 Å². The number of hydrogen-bond donors (Lipinski definition) is 0. The summed E-state index contributed by atoms with van der Waals surface area (Å²) in [7, 11) is 0. The van der Waals surface area contributed by atoms with Crippen LogP contribution >= 0.6 is 0 Å². The molecule has 4 nitrogen and oxygen atoms in total. The van der Waals surface area contributed by atoms with Gasteiger partial charge < -0.3 is 4.42 Å². The average Bonchev–Trinajstić information content (AvgIpc) is 2.53. The van der Waals surface area contributed by atoms with Crippen molar-refractivity contribution < 1.29 is 4.42 Å². The third-order valence-electron chi connectivity index (χ3n) is 3.41. The summed E-state index contributed by atoms with van der Waals surface area (Å²) < 4.78 is 5.42. The van der Waals surface area contributed by atoms with E-state index in [9.17, 15) is 4.79 Å². The Balaban J connectivity index is 2.05. The fraction of sp³-hybridized carbons (Fsp3) is 0. The van der Waals surface area contributed by atoms with Crippen molar-refractivity contribution in [3.63, 3.8) is 0 Å². The molecular weight excluding hydrogens is 264 g/mol. The van der Waals surface area contributed by atoms with Crippen LogP contribution in [0, 0.1) is 0 Å². The van der Waals surface area contributed by atoms with Crippen LogP contribution < -0.4 is 5.63 Å². The molecule has 4 rings (SSSR count). The zero-order valence-electron chi connectivity index (χ0n) is 11.0. The Labute approximate surface area is 119 Å². The Morgan fingerprint density at radius 3 is 2.29 bits per heavy atom. The largest absolute Gasteiger partial charge is 0.422 e. The molecule has 0 fully saturated rings. The highest BCUT2D eigenvalue weighted by Gasteiger charge is 2.10. The Morgan fingerprint density at radius 2 is 1.52 bits per heavy atom. The van der Waals surface area contributed by atoms with Crippen molar-refractivity contribution in [1.82, 2.24) is 9.97 Å². The van der Waals surface area contributed by atoms with Gasteiger partial charge in [-0.3, -0.25) is 0 Å². The summed E-state index contributed by atoms with van der Waals surface area (Å²) in [6.07, 6.45) is 3.21. The van der Waals surface area contributed by atoms with Gasteiger partial charge in [0, 0.05) is 17.8 Å². The third-order valence-corrected chi connectivity index (χ3v) is 3.41. The summed E-state index contributed by atoms with van der Waals surface area (Å²) in [5.74, 6) is 0.376. The van der Waals surface area contributed by atoms with Crippen molar-refractivity contribution in [1.29, 1.82) is 0 Å². The molecule has 21 heavy (non-hydrogen) atoms. The van der Waals surface area contributed by atoms with Crippen molar-refractivity contribution in [2.45, 2.75) is 0 Å². The molecule has 4 heteroatoms. The van der Waals surface area contributed by atoms with Crippen LogP contribution in [0.2, 0.25) is 0 Å². The number of fused-ring (bicyclic) bond motifs is 2. The minimum Gasteiger partial charge on any atom is -0.422 e. The molecule has 2 aromatic carbocycles. The highest BCUT2D eigenvalue weighted by molar-refractivity contribution is 5.96. The Morgan fingerprint density at radius 1 is 0.810 bits per heavy atom. The number of aromatic nitrogens is 2. The van der Waals surface area contributed by atoms with E-state index in [-0.39, 0.29) is 0 Å². The molecule has 0 aliphatic rings. The molecule has 0 radical (unpaired) electrons. The smallest absolute Gasteiger partial charge is 0.347 e. The number of hydrogen-bond acceptors (Lipinski definition) is 4. The summed E-state index contributed by atoms with van der Waals surface area (Å²) in [4.78, 5) is 20.3. The van der Waals surface area contributed by atoms with Gasteiger partial charge in [0.25, 0.3) is 0 Å². The minimum atomic E-state index is -0.427. The molecule has 0 unspecified atom stereocenters. The van der Waals surface area contributed by atoms with Crippen molar-refractivity contribution in [2.24, 2.45) is 0 Å². The first-order chi connectivity index (χ1) is 10.3. The van der Waals surface area contributed by atoms with E-state index in [1.54, 1.807) is 24.5 Å². The van der Waals surface area contributed by atoms with Crippen LogP contribution in [0.4, 0.5) is 0 Å². The zero-order valence-corrected chi connectivity index (χ0v) is 11.0. The van der Waals surface area contributed by atoms with Gasteiger partial charge in [-0.2, -0.15) is 0 Å². The van der Waals surface area contributed by atoms with Gasteiger partial charge >= 0.3 is 5.63 Å².